The predicted molar refractivity (Wildman–Crippen MR) is 76.3 cm³/mol. The van der Waals surface area contributed by atoms with Gasteiger partial charge in [-0.15, -0.1) is 0 Å². The molecule has 0 aromatic heterocycles. The molecule has 104 valence electrons. The molecule has 1 rings (SSSR count). The Morgan fingerprint density at radius 3 is 2.22 bits per heavy atom. The molecule has 1 aliphatic rings. The Hall–Kier alpha value is -0.590. The van der Waals surface area contributed by atoms with Gasteiger partial charge in [-0.1, -0.05) is 20.8 Å². The molecule has 0 spiro atoms. The van der Waals surface area contributed by atoms with Gasteiger partial charge in [-0.3, -0.25) is 5.32 Å². The first-order valence-electron chi connectivity index (χ1n) is 7.10. The minimum atomic E-state index is -0.266. The van der Waals surface area contributed by atoms with Gasteiger partial charge in [0.15, 0.2) is 0 Å². The lowest BCUT2D eigenvalue weighted by Crippen LogP contribution is -2.49. The van der Waals surface area contributed by atoms with Crippen molar-refractivity contribution >= 4 is 0 Å². The third kappa shape index (κ3) is 4.26. The Morgan fingerprint density at radius 1 is 1.28 bits per heavy atom. The van der Waals surface area contributed by atoms with Crippen LogP contribution < -0.4 is 5.32 Å². The summed E-state index contributed by atoms with van der Waals surface area (Å²) in [7, 11) is 4.13. The molecule has 3 heteroatoms. The SMILES string of the molecule is CN(C)CCNC1(C#N)CCC(C(C)(C)C)CC1. The summed E-state index contributed by atoms with van der Waals surface area (Å²) in [6.45, 7) is 8.84. The zero-order valence-corrected chi connectivity index (χ0v) is 12.7. The van der Waals surface area contributed by atoms with Crippen LogP contribution in [0.25, 0.3) is 0 Å². The van der Waals surface area contributed by atoms with E-state index in [0.29, 0.717) is 5.41 Å². The van der Waals surface area contributed by atoms with Gasteiger partial charge >= 0.3 is 0 Å². The molecule has 0 aliphatic heterocycles. The van der Waals surface area contributed by atoms with Gasteiger partial charge in [-0.05, 0) is 51.1 Å². The largest absolute Gasteiger partial charge is 0.308 e. The summed E-state index contributed by atoms with van der Waals surface area (Å²) >= 11 is 0. The summed E-state index contributed by atoms with van der Waals surface area (Å²) in [5.74, 6) is 0.759. The maximum absolute atomic E-state index is 9.47. The van der Waals surface area contributed by atoms with E-state index in [-0.39, 0.29) is 5.54 Å². The molecule has 1 fully saturated rings. The quantitative estimate of drug-likeness (QED) is 0.835. The van der Waals surface area contributed by atoms with Gasteiger partial charge in [0.25, 0.3) is 0 Å². The highest BCUT2D eigenvalue weighted by Crippen LogP contribution is 2.41. The zero-order valence-electron chi connectivity index (χ0n) is 12.7. The van der Waals surface area contributed by atoms with Crippen molar-refractivity contribution in [3.05, 3.63) is 0 Å². The summed E-state index contributed by atoms with van der Waals surface area (Å²) in [6, 6.07) is 2.53. The molecule has 1 aliphatic carbocycles. The van der Waals surface area contributed by atoms with Crippen molar-refractivity contribution < 1.29 is 0 Å². The van der Waals surface area contributed by atoms with Crippen molar-refractivity contribution in [2.75, 3.05) is 27.2 Å². The van der Waals surface area contributed by atoms with E-state index in [1.807, 2.05) is 0 Å². The van der Waals surface area contributed by atoms with Crippen molar-refractivity contribution in [2.24, 2.45) is 11.3 Å². The molecule has 0 atom stereocenters. The molecule has 0 amide bonds. The van der Waals surface area contributed by atoms with E-state index in [1.54, 1.807) is 0 Å². The van der Waals surface area contributed by atoms with E-state index < -0.39 is 0 Å². The van der Waals surface area contributed by atoms with Gasteiger partial charge in [0.2, 0.25) is 0 Å². The van der Waals surface area contributed by atoms with E-state index in [0.717, 1.165) is 31.8 Å². The van der Waals surface area contributed by atoms with Crippen molar-refractivity contribution in [1.29, 1.82) is 5.26 Å². The van der Waals surface area contributed by atoms with Crippen LogP contribution in [0.5, 0.6) is 0 Å². The second-order valence-corrected chi connectivity index (χ2v) is 7.06. The van der Waals surface area contributed by atoms with Crippen molar-refractivity contribution in [3.63, 3.8) is 0 Å². The Balaban J connectivity index is 2.48. The standard InChI is InChI=1S/C15H29N3/c1-14(2,3)13-6-8-15(12-16,9-7-13)17-10-11-18(4)5/h13,17H,6-11H2,1-5H3. The maximum Gasteiger partial charge on any atom is 0.106 e. The van der Waals surface area contributed by atoms with Gasteiger partial charge in [0.1, 0.15) is 5.54 Å². The first-order chi connectivity index (χ1) is 8.29. The van der Waals surface area contributed by atoms with Crippen LogP contribution in [0.2, 0.25) is 0 Å². The molecular weight excluding hydrogens is 222 g/mol. The van der Waals surface area contributed by atoms with Crippen molar-refractivity contribution in [2.45, 2.75) is 52.0 Å². The highest BCUT2D eigenvalue weighted by molar-refractivity contribution is 5.09. The third-order valence-corrected chi connectivity index (χ3v) is 4.30. The van der Waals surface area contributed by atoms with E-state index in [2.05, 4.69) is 51.2 Å². The minimum Gasteiger partial charge on any atom is -0.308 e. The molecule has 0 radical (unpaired) electrons. The number of likely N-dealkylation sites (N-methyl/N-ethyl adjacent to an activating group) is 1. The minimum absolute atomic E-state index is 0.266. The summed E-state index contributed by atoms with van der Waals surface area (Å²) in [6.07, 6.45) is 4.34. The zero-order chi connectivity index (χ0) is 13.8. The van der Waals surface area contributed by atoms with Gasteiger partial charge in [-0.2, -0.15) is 5.26 Å². The monoisotopic (exact) mass is 251 g/mol. The van der Waals surface area contributed by atoms with Crippen LogP contribution in [0.3, 0.4) is 0 Å². The fraction of sp³-hybridized carbons (Fsp3) is 0.933. The average Bonchev–Trinajstić information content (AvgIpc) is 2.28. The number of nitrogens with zero attached hydrogens (tertiary/aromatic N) is 2. The predicted octanol–water partition coefficient (Wildman–Crippen LogP) is 2.64. The molecule has 0 saturated heterocycles. The van der Waals surface area contributed by atoms with Gasteiger partial charge in [0, 0.05) is 13.1 Å². The van der Waals surface area contributed by atoms with E-state index >= 15 is 0 Å². The Morgan fingerprint density at radius 2 is 1.83 bits per heavy atom. The first kappa shape index (κ1) is 15.5. The van der Waals surface area contributed by atoms with Crippen LogP contribution in [0.15, 0.2) is 0 Å². The Kier molecular flexibility index (Phi) is 5.19. The fourth-order valence-electron chi connectivity index (χ4n) is 2.82. The number of nitrogens with one attached hydrogen (secondary N) is 1. The molecule has 3 nitrogen and oxygen atoms in total. The van der Waals surface area contributed by atoms with E-state index in [1.165, 1.54) is 12.8 Å². The molecule has 0 unspecified atom stereocenters. The smallest absolute Gasteiger partial charge is 0.106 e. The van der Waals surface area contributed by atoms with Crippen LogP contribution >= 0.6 is 0 Å². The topological polar surface area (TPSA) is 39.1 Å². The van der Waals surface area contributed by atoms with Gasteiger partial charge < -0.3 is 4.90 Å². The second kappa shape index (κ2) is 6.04. The lowest BCUT2D eigenvalue weighted by atomic mass is 9.67. The lowest BCUT2D eigenvalue weighted by Gasteiger charge is -2.41. The van der Waals surface area contributed by atoms with Crippen molar-refractivity contribution in [1.82, 2.24) is 10.2 Å². The molecule has 0 heterocycles. The maximum atomic E-state index is 9.47. The summed E-state index contributed by atoms with van der Waals surface area (Å²) in [4.78, 5) is 2.15. The van der Waals surface area contributed by atoms with E-state index in [4.69, 9.17) is 0 Å². The first-order valence-corrected chi connectivity index (χ1v) is 7.10. The average molecular weight is 251 g/mol. The lowest BCUT2D eigenvalue weighted by molar-refractivity contribution is 0.137. The normalized spacial score (nSPS) is 29.3. The molecular formula is C15H29N3. The van der Waals surface area contributed by atoms with Crippen LogP contribution in [0.4, 0.5) is 0 Å². The summed E-state index contributed by atoms with van der Waals surface area (Å²) in [5.41, 5.74) is 0.114. The van der Waals surface area contributed by atoms with Crippen LogP contribution in [0.1, 0.15) is 46.5 Å². The summed E-state index contributed by atoms with van der Waals surface area (Å²) in [5, 5.41) is 13.0. The number of nitriles is 1. The molecule has 18 heavy (non-hydrogen) atoms. The van der Waals surface area contributed by atoms with Gasteiger partial charge in [-0.25, -0.2) is 0 Å². The van der Waals surface area contributed by atoms with Gasteiger partial charge in [0.05, 0.1) is 6.07 Å². The second-order valence-electron chi connectivity index (χ2n) is 7.06. The summed E-state index contributed by atoms with van der Waals surface area (Å²) < 4.78 is 0. The highest BCUT2D eigenvalue weighted by atomic mass is 15.1. The number of hydrogen-bond acceptors (Lipinski definition) is 3. The van der Waals surface area contributed by atoms with Crippen LogP contribution in [-0.4, -0.2) is 37.6 Å². The highest BCUT2D eigenvalue weighted by Gasteiger charge is 2.38. The number of rotatable bonds is 4. The molecule has 1 saturated carbocycles. The van der Waals surface area contributed by atoms with Crippen molar-refractivity contribution in [3.8, 4) is 6.07 Å². The molecule has 0 aromatic rings. The number of hydrogen-bond donors (Lipinski definition) is 1. The molecule has 1 N–H and O–H groups in total. The van der Waals surface area contributed by atoms with Crippen LogP contribution in [-0.2, 0) is 0 Å². The Bertz CT molecular complexity index is 288. The fourth-order valence-corrected chi connectivity index (χ4v) is 2.82. The van der Waals surface area contributed by atoms with E-state index in [9.17, 15) is 5.26 Å². The Labute approximate surface area is 113 Å². The van der Waals surface area contributed by atoms with Crippen LogP contribution in [0, 0.1) is 22.7 Å². The third-order valence-electron chi connectivity index (χ3n) is 4.30. The molecule has 0 bridgehead atoms. The molecule has 0 aromatic carbocycles.